The van der Waals surface area contributed by atoms with E-state index in [-0.39, 0.29) is 0 Å². The van der Waals surface area contributed by atoms with Crippen LogP contribution in [-0.2, 0) is 24.2 Å². The molecule has 0 spiro atoms. The Bertz CT molecular complexity index is 551. The van der Waals surface area contributed by atoms with Crippen LogP contribution in [0.15, 0.2) is 0 Å². The molecule has 1 aromatic rings. The molecule has 0 atom stereocenters. The summed E-state index contributed by atoms with van der Waals surface area (Å²) >= 11 is 1.94. The molecule has 0 radical (unpaired) electrons. The van der Waals surface area contributed by atoms with E-state index in [9.17, 15) is 4.79 Å². The predicted molar refractivity (Wildman–Crippen MR) is 92.5 cm³/mol. The van der Waals surface area contributed by atoms with Gasteiger partial charge in [-0.1, -0.05) is 0 Å². The van der Waals surface area contributed by atoms with Crippen molar-refractivity contribution in [2.75, 3.05) is 26.7 Å². The third-order valence-corrected chi connectivity index (χ3v) is 6.68. The van der Waals surface area contributed by atoms with Gasteiger partial charge in [-0.25, -0.2) is 4.98 Å². The van der Waals surface area contributed by atoms with E-state index < -0.39 is 0 Å². The van der Waals surface area contributed by atoms with Gasteiger partial charge in [-0.05, 0) is 64.0 Å². The van der Waals surface area contributed by atoms with Crippen molar-refractivity contribution in [3.63, 3.8) is 0 Å². The Morgan fingerprint density at radius 1 is 1.26 bits per heavy atom. The van der Waals surface area contributed by atoms with Crippen LogP contribution in [0.4, 0.5) is 0 Å². The second-order valence-electron chi connectivity index (χ2n) is 7.54. The largest absolute Gasteiger partial charge is 0.345 e. The topological polar surface area (TPSA) is 36.4 Å². The first-order valence-electron chi connectivity index (χ1n) is 9.14. The van der Waals surface area contributed by atoms with E-state index in [0.29, 0.717) is 17.7 Å². The maximum absolute atomic E-state index is 12.1. The van der Waals surface area contributed by atoms with Crippen molar-refractivity contribution in [3.05, 3.63) is 15.6 Å². The number of piperidine rings is 1. The van der Waals surface area contributed by atoms with Gasteiger partial charge in [0.1, 0.15) is 5.01 Å². The number of aryl methyl sites for hydroxylation is 2. The minimum absolute atomic E-state index is 0.354. The van der Waals surface area contributed by atoms with E-state index in [1.807, 2.05) is 23.3 Å². The number of thiazole rings is 1. The van der Waals surface area contributed by atoms with Crippen molar-refractivity contribution < 1.29 is 4.79 Å². The highest BCUT2D eigenvalue weighted by molar-refractivity contribution is 7.11. The molecule has 1 amide bonds. The van der Waals surface area contributed by atoms with Crippen LogP contribution in [0.25, 0.3) is 0 Å². The van der Waals surface area contributed by atoms with E-state index in [0.717, 1.165) is 39.0 Å². The Labute approximate surface area is 142 Å². The quantitative estimate of drug-likeness (QED) is 0.831. The number of hydrogen-bond acceptors (Lipinski definition) is 4. The summed E-state index contributed by atoms with van der Waals surface area (Å²) in [5, 5.41) is 1.31. The van der Waals surface area contributed by atoms with Gasteiger partial charge in [0.25, 0.3) is 0 Å². The molecule has 1 saturated carbocycles. The number of likely N-dealkylation sites (tertiary alicyclic amines) is 1. The minimum atomic E-state index is 0.354. The predicted octanol–water partition coefficient (Wildman–Crippen LogP) is 2.71. The normalized spacial score (nSPS) is 22.3. The van der Waals surface area contributed by atoms with Crippen molar-refractivity contribution >= 4 is 17.2 Å². The maximum Gasteiger partial charge on any atom is 0.225 e. The Morgan fingerprint density at radius 2 is 2.04 bits per heavy atom. The number of carbonyl (C=O) groups is 1. The zero-order chi connectivity index (χ0) is 15.8. The van der Waals surface area contributed by atoms with Crippen molar-refractivity contribution in [1.82, 2.24) is 14.8 Å². The van der Waals surface area contributed by atoms with Gasteiger partial charge in [0.15, 0.2) is 0 Å². The number of amides is 1. The molecule has 1 aliphatic heterocycles. The average molecular weight is 334 g/mol. The molecule has 3 aliphatic rings. The third kappa shape index (κ3) is 3.61. The zero-order valence-corrected chi connectivity index (χ0v) is 14.9. The van der Waals surface area contributed by atoms with Crippen LogP contribution in [0.5, 0.6) is 0 Å². The monoisotopic (exact) mass is 333 g/mol. The van der Waals surface area contributed by atoms with E-state index in [1.165, 1.54) is 47.7 Å². The Balaban J connectivity index is 1.23. The zero-order valence-electron chi connectivity index (χ0n) is 14.1. The fourth-order valence-electron chi connectivity index (χ4n) is 3.95. The van der Waals surface area contributed by atoms with Crippen molar-refractivity contribution in [2.45, 2.75) is 51.5 Å². The first-order valence-corrected chi connectivity index (χ1v) is 9.95. The molecule has 0 aromatic carbocycles. The molecule has 4 rings (SSSR count). The maximum atomic E-state index is 12.1. The Kier molecular flexibility index (Phi) is 4.41. The molecular formula is C18H27N3OS. The van der Waals surface area contributed by atoms with Gasteiger partial charge in [-0.15, -0.1) is 11.3 Å². The summed E-state index contributed by atoms with van der Waals surface area (Å²) in [6, 6.07) is 0. The number of rotatable bonds is 5. The summed E-state index contributed by atoms with van der Waals surface area (Å²) < 4.78 is 0. The van der Waals surface area contributed by atoms with Crippen molar-refractivity contribution in [1.29, 1.82) is 0 Å². The summed E-state index contributed by atoms with van der Waals surface area (Å²) in [6.07, 6.45) is 8.39. The van der Waals surface area contributed by atoms with E-state index in [4.69, 9.17) is 4.98 Å². The number of nitrogens with zero attached hydrogens (tertiary/aromatic N) is 3. The number of carbonyl (C=O) groups excluding carboxylic acids is 1. The average Bonchev–Trinajstić information content (AvgIpc) is 3.19. The first-order chi connectivity index (χ1) is 11.2. The van der Waals surface area contributed by atoms with Gasteiger partial charge in [0, 0.05) is 24.4 Å². The summed E-state index contributed by atoms with van der Waals surface area (Å²) in [5.41, 5.74) is 1.38. The number of hydrogen-bond donors (Lipinski definition) is 0. The summed E-state index contributed by atoms with van der Waals surface area (Å²) in [6.45, 7) is 4.29. The fourth-order valence-corrected chi connectivity index (χ4v) is 5.15. The summed E-state index contributed by atoms with van der Waals surface area (Å²) in [7, 11) is 1.99. The first kappa shape index (κ1) is 15.6. The molecular weight excluding hydrogens is 306 g/mol. The molecule has 5 heteroatoms. The summed E-state index contributed by atoms with van der Waals surface area (Å²) in [4.78, 5) is 23.0. The lowest BCUT2D eigenvalue weighted by atomic mass is 9.96. The molecule has 0 bridgehead atoms. The van der Waals surface area contributed by atoms with Crippen molar-refractivity contribution in [2.24, 2.45) is 11.8 Å². The fraction of sp³-hybridized carbons (Fsp3) is 0.778. The molecule has 4 nitrogen and oxygen atoms in total. The van der Waals surface area contributed by atoms with Gasteiger partial charge in [-0.3, -0.25) is 9.69 Å². The van der Waals surface area contributed by atoms with E-state index in [2.05, 4.69) is 4.90 Å². The van der Waals surface area contributed by atoms with Crippen LogP contribution in [0.3, 0.4) is 0 Å². The lowest BCUT2D eigenvalue weighted by Gasteiger charge is -2.33. The standard InChI is InChI=1S/C18H27N3OS/c1-20(18(22)14-5-6-14)11-13-7-9-21(10-8-13)12-17-19-15-3-2-4-16(15)23-17/h13-14H,2-12H2,1H3. The molecule has 0 N–H and O–H groups in total. The van der Waals surface area contributed by atoms with Gasteiger partial charge in [0.2, 0.25) is 5.91 Å². The van der Waals surface area contributed by atoms with Gasteiger partial charge >= 0.3 is 0 Å². The van der Waals surface area contributed by atoms with Crippen LogP contribution in [0.2, 0.25) is 0 Å². The minimum Gasteiger partial charge on any atom is -0.345 e. The van der Waals surface area contributed by atoms with Crippen molar-refractivity contribution in [3.8, 4) is 0 Å². The Hall–Kier alpha value is -0.940. The highest BCUT2D eigenvalue weighted by atomic mass is 32.1. The van der Waals surface area contributed by atoms with E-state index >= 15 is 0 Å². The van der Waals surface area contributed by atoms with Crippen LogP contribution < -0.4 is 0 Å². The smallest absolute Gasteiger partial charge is 0.225 e. The van der Waals surface area contributed by atoms with Gasteiger partial charge in [0.05, 0.1) is 12.2 Å². The lowest BCUT2D eigenvalue weighted by Crippen LogP contribution is -2.39. The number of fused-ring (bicyclic) bond motifs is 1. The molecule has 2 heterocycles. The Morgan fingerprint density at radius 3 is 2.74 bits per heavy atom. The highest BCUT2D eigenvalue weighted by Crippen LogP contribution is 2.32. The highest BCUT2D eigenvalue weighted by Gasteiger charge is 2.33. The molecule has 126 valence electrons. The molecule has 1 saturated heterocycles. The third-order valence-electron chi connectivity index (χ3n) is 5.54. The van der Waals surface area contributed by atoms with E-state index in [1.54, 1.807) is 0 Å². The number of aromatic nitrogens is 1. The molecule has 1 aromatic heterocycles. The second-order valence-corrected chi connectivity index (χ2v) is 8.71. The molecule has 23 heavy (non-hydrogen) atoms. The molecule has 2 fully saturated rings. The van der Waals surface area contributed by atoms with Gasteiger partial charge < -0.3 is 4.90 Å². The summed E-state index contributed by atoms with van der Waals surface area (Å²) in [5.74, 6) is 1.41. The van der Waals surface area contributed by atoms with Crippen LogP contribution >= 0.6 is 11.3 Å². The second kappa shape index (κ2) is 6.52. The SMILES string of the molecule is CN(CC1CCN(Cc2nc3c(s2)CCC3)CC1)C(=O)C1CC1. The lowest BCUT2D eigenvalue weighted by molar-refractivity contribution is -0.132. The molecule has 0 unspecified atom stereocenters. The molecule has 2 aliphatic carbocycles. The van der Waals surface area contributed by atoms with Crippen LogP contribution in [0, 0.1) is 11.8 Å². The van der Waals surface area contributed by atoms with Gasteiger partial charge in [-0.2, -0.15) is 0 Å². The van der Waals surface area contributed by atoms with Crippen LogP contribution in [-0.4, -0.2) is 47.4 Å². The van der Waals surface area contributed by atoms with Crippen LogP contribution in [0.1, 0.15) is 47.7 Å².